The van der Waals surface area contributed by atoms with Gasteiger partial charge in [0.05, 0.1) is 0 Å². The van der Waals surface area contributed by atoms with E-state index in [-0.39, 0.29) is 17.6 Å². The summed E-state index contributed by atoms with van der Waals surface area (Å²) in [4.78, 5) is 24.4. The van der Waals surface area contributed by atoms with Gasteiger partial charge in [-0.15, -0.1) is 0 Å². The third kappa shape index (κ3) is 5.90. The molecule has 1 atom stereocenters. The molecule has 148 valence electrons. The molecule has 0 aliphatic rings. The van der Waals surface area contributed by atoms with E-state index >= 15 is 0 Å². The molecule has 0 radical (unpaired) electrons. The van der Waals surface area contributed by atoms with E-state index in [1.165, 1.54) is 24.3 Å². The average molecular weight is 392 g/mol. The Balaban J connectivity index is 1.51. The van der Waals surface area contributed by atoms with Crippen LogP contribution in [0.5, 0.6) is 5.75 Å². The summed E-state index contributed by atoms with van der Waals surface area (Å²) in [5, 5.41) is 5.51. The molecule has 3 rings (SSSR count). The van der Waals surface area contributed by atoms with Gasteiger partial charge in [-0.05, 0) is 61.0 Å². The zero-order valence-corrected chi connectivity index (χ0v) is 15.9. The van der Waals surface area contributed by atoms with Gasteiger partial charge in [0.25, 0.3) is 11.8 Å². The number of nitrogens with one attached hydrogen (secondary N) is 2. The van der Waals surface area contributed by atoms with Crippen LogP contribution in [-0.2, 0) is 11.3 Å². The van der Waals surface area contributed by atoms with E-state index in [0.29, 0.717) is 23.5 Å². The van der Waals surface area contributed by atoms with Gasteiger partial charge < -0.3 is 15.4 Å². The van der Waals surface area contributed by atoms with Gasteiger partial charge in [-0.3, -0.25) is 9.59 Å². The van der Waals surface area contributed by atoms with E-state index in [0.717, 1.165) is 5.56 Å². The summed E-state index contributed by atoms with van der Waals surface area (Å²) < 4.78 is 18.5. The minimum atomic E-state index is -0.766. The highest BCUT2D eigenvalue weighted by Crippen LogP contribution is 2.15. The third-order valence-corrected chi connectivity index (χ3v) is 4.21. The van der Waals surface area contributed by atoms with E-state index in [2.05, 4.69) is 10.6 Å². The molecule has 0 heterocycles. The number of halogens is 1. The van der Waals surface area contributed by atoms with E-state index in [1.54, 1.807) is 31.2 Å². The maximum absolute atomic E-state index is 12.9. The standard InChI is InChI=1S/C23H21FN2O3/c1-16(22(27)26-20-11-9-19(24)10-12-20)29-21-13-7-18(8-14-21)23(28)25-15-17-5-3-2-4-6-17/h2-14,16H,15H2,1H3,(H,25,28)(H,26,27). The van der Waals surface area contributed by atoms with Crippen molar-refractivity contribution in [1.29, 1.82) is 0 Å². The highest BCUT2D eigenvalue weighted by atomic mass is 19.1. The average Bonchev–Trinajstić information content (AvgIpc) is 2.75. The van der Waals surface area contributed by atoms with Crippen molar-refractivity contribution < 1.29 is 18.7 Å². The number of anilines is 1. The molecule has 0 aliphatic heterocycles. The molecular formula is C23H21FN2O3. The summed E-state index contributed by atoms with van der Waals surface area (Å²) in [5.41, 5.74) is 2.00. The van der Waals surface area contributed by atoms with Gasteiger partial charge >= 0.3 is 0 Å². The van der Waals surface area contributed by atoms with Crippen LogP contribution in [0, 0.1) is 5.82 Å². The largest absolute Gasteiger partial charge is 0.481 e. The van der Waals surface area contributed by atoms with Gasteiger partial charge in [0.1, 0.15) is 11.6 Å². The second-order valence-electron chi connectivity index (χ2n) is 6.45. The molecule has 2 N–H and O–H groups in total. The lowest BCUT2D eigenvalue weighted by atomic mass is 10.2. The Hall–Kier alpha value is -3.67. The zero-order valence-electron chi connectivity index (χ0n) is 15.9. The van der Waals surface area contributed by atoms with Crippen molar-refractivity contribution in [3.8, 4) is 5.75 Å². The number of carbonyl (C=O) groups excluding carboxylic acids is 2. The van der Waals surface area contributed by atoms with Gasteiger partial charge in [-0.25, -0.2) is 4.39 Å². The van der Waals surface area contributed by atoms with E-state index in [4.69, 9.17) is 4.74 Å². The fourth-order valence-corrected chi connectivity index (χ4v) is 2.60. The molecule has 3 aromatic rings. The van der Waals surface area contributed by atoms with Crippen molar-refractivity contribution in [2.75, 3.05) is 5.32 Å². The molecule has 0 aliphatic carbocycles. The Morgan fingerprint density at radius 2 is 1.59 bits per heavy atom. The fraction of sp³-hybridized carbons (Fsp3) is 0.130. The number of rotatable bonds is 7. The van der Waals surface area contributed by atoms with Crippen LogP contribution in [0.2, 0.25) is 0 Å². The van der Waals surface area contributed by atoms with Crippen molar-refractivity contribution in [2.45, 2.75) is 19.6 Å². The number of amides is 2. The molecule has 0 bridgehead atoms. The lowest BCUT2D eigenvalue weighted by molar-refractivity contribution is -0.122. The normalized spacial score (nSPS) is 11.4. The monoisotopic (exact) mass is 392 g/mol. The molecule has 0 aromatic heterocycles. The first-order chi connectivity index (χ1) is 14.0. The minimum absolute atomic E-state index is 0.192. The molecule has 3 aromatic carbocycles. The maximum atomic E-state index is 12.9. The Labute approximate surface area is 168 Å². The Morgan fingerprint density at radius 1 is 0.931 bits per heavy atom. The number of ether oxygens (including phenoxy) is 1. The number of hydrogen-bond donors (Lipinski definition) is 2. The summed E-state index contributed by atoms with van der Waals surface area (Å²) in [7, 11) is 0. The van der Waals surface area contributed by atoms with Crippen molar-refractivity contribution in [3.05, 3.63) is 95.8 Å². The van der Waals surface area contributed by atoms with E-state index < -0.39 is 6.10 Å². The first-order valence-electron chi connectivity index (χ1n) is 9.16. The smallest absolute Gasteiger partial charge is 0.265 e. The van der Waals surface area contributed by atoms with Crippen LogP contribution >= 0.6 is 0 Å². The molecule has 0 saturated carbocycles. The number of benzene rings is 3. The van der Waals surface area contributed by atoms with Gasteiger partial charge in [-0.1, -0.05) is 30.3 Å². The third-order valence-electron chi connectivity index (χ3n) is 4.21. The Bertz CT molecular complexity index is 958. The number of hydrogen-bond acceptors (Lipinski definition) is 3. The zero-order chi connectivity index (χ0) is 20.6. The van der Waals surface area contributed by atoms with E-state index in [1.807, 2.05) is 30.3 Å². The summed E-state index contributed by atoms with van der Waals surface area (Å²) in [6.45, 7) is 2.05. The van der Waals surface area contributed by atoms with Crippen LogP contribution in [0.4, 0.5) is 10.1 Å². The minimum Gasteiger partial charge on any atom is -0.481 e. The number of carbonyl (C=O) groups is 2. The van der Waals surface area contributed by atoms with Crippen molar-refractivity contribution in [1.82, 2.24) is 5.32 Å². The molecule has 1 unspecified atom stereocenters. The van der Waals surface area contributed by atoms with E-state index in [9.17, 15) is 14.0 Å². The summed E-state index contributed by atoms with van der Waals surface area (Å²) in [5.74, 6) is -0.463. The maximum Gasteiger partial charge on any atom is 0.265 e. The van der Waals surface area contributed by atoms with Crippen LogP contribution in [0.3, 0.4) is 0 Å². The molecule has 0 spiro atoms. The first-order valence-corrected chi connectivity index (χ1v) is 9.16. The van der Waals surface area contributed by atoms with Gasteiger partial charge in [-0.2, -0.15) is 0 Å². The SMILES string of the molecule is CC(Oc1ccc(C(=O)NCc2ccccc2)cc1)C(=O)Nc1ccc(F)cc1. The fourth-order valence-electron chi connectivity index (χ4n) is 2.60. The highest BCUT2D eigenvalue weighted by molar-refractivity contribution is 5.95. The van der Waals surface area contributed by atoms with Gasteiger partial charge in [0.2, 0.25) is 0 Å². The Morgan fingerprint density at radius 3 is 2.24 bits per heavy atom. The van der Waals surface area contributed by atoms with Crippen LogP contribution in [0.15, 0.2) is 78.9 Å². The quantitative estimate of drug-likeness (QED) is 0.634. The van der Waals surface area contributed by atoms with Crippen LogP contribution in [-0.4, -0.2) is 17.9 Å². The van der Waals surface area contributed by atoms with Crippen molar-refractivity contribution >= 4 is 17.5 Å². The molecular weight excluding hydrogens is 371 g/mol. The predicted octanol–water partition coefficient (Wildman–Crippen LogP) is 4.16. The van der Waals surface area contributed by atoms with Crippen LogP contribution < -0.4 is 15.4 Å². The second kappa shape index (κ2) is 9.50. The van der Waals surface area contributed by atoms with Gasteiger partial charge in [0, 0.05) is 17.8 Å². The van der Waals surface area contributed by atoms with Crippen molar-refractivity contribution in [2.24, 2.45) is 0 Å². The van der Waals surface area contributed by atoms with Crippen molar-refractivity contribution in [3.63, 3.8) is 0 Å². The molecule has 29 heavy (non-hydrogen) atoms. The lowest BCUT2D eigenvalue weighted by Crippen LogP contribution is -2.30. The topological polar surface area (TPSA) is 67.4 Å². The predicted molar refractivity (Wildman–Crippen MR) is 109 cm³/mol. The van der Waals surface area contributed by atoms with Crippen LogP contribution in [0.25, 0.3) is 0 Å². The summed E-state index contributed by atoms with van der Waals surface area (Å²) >= 11 is 0. The second-order valence-corrected chi connectivity index (χ2v) is 6.45. The van der Waals surface area contributed by atoms with Crippen LogP contribution in [0.1, 0.15) is 22.8 Å². The first kappa shape index (κ1) is 20.1. The molecule has 6 heteroatoms. The van der Waals surface area contributed by atoms with Gasteiger partial charge in [0.15, 0.2) is 6.10 Å². The molecule has 5 nitrogen and oxygen atoms in total. The summed E-state index contributed by atoms with van der Waals surface area (Å²) in [6.07, 6.45) is -0.766. The summed E-state index contributed by atoms with van der Waals surface area (Å²) in [6, 6.07) is 21.7. The molecule has 2 amide bonds. The Kier molecular flexibility index (Phi) is 6.58. The lowest BCUT2D eigenvalue weighted by Gasteiger charge is -2.15. The molecule has 0 fully saturated rings. The molecule has 0 saturated heterocycles. The highest BCUT2D eigenvalue weighted by Gasteiger charge is 2.15.